The summed E-state index contributed by atoms with van der Waals surface area (Å²) in [5.41, 5.74) is 4.98. The van der Waals surface area contributed by atoms with Gasteiger partial charge in [-0.1, -0.05) is 23.2 Å². The molecule has 0 saturated heterocycles. The fraction of sp³-hybridized carbons (Fsp3) is 0.125. The first kappa shape index (κ1) is 12.0. The third-order valence-electron chi connectivity index (χ3n) is 1.49. The van der Waals surface area contributed by atoms with Gasteiger partial charge in [0.05, 0.1) is 10.0 Å². The van der Waals surface area contributed by atoms with Gasteiger partial charge in [0.15, 0.2) is 5.75 Å². The van der Waals surface area contributed by atoms with E-state index in [1.165, 1.54) is 0 Å². The molecule has 1 amide bonds. The minimum absolute atomic E-state index is 0.0200. The average Bonchev–Trinajstić information content (AvgIpc) is 2.10. The van der Waals surface area contributed by atoms with E-state index in [1.807, 2.05) is 0 Å². The normalized spacial score (nSPS) is 10.5. The van der Waals surface area contributed by atoms with E-state index >= 15 is 0 Å². The van der Waals surface area contributed by atoms with E-state index in [4.69, 9.17) is 28.9 Å². The highest BCUT2D eigenvalue weighted by Gasteiger charge is 2.15. The summed E-state index contributed by atoms with van der Waals surface area (Å²) in [6, 6.07) is 2.21. The fourth-order valence-electron chi connectivity index (χ4n) is 0.904. The molecule has 0 fully saturated rings. The lowest BCUT2D eigenvalue weighted by Crippen LogP contribution is -2.11. The molecule has 15 heavy (non-hydrogen) atoms. The number of rotatable bonds is 3. The van der Waals surface area contributed by atoms with Gasteiger partial charge in [0, 0.05) is 5.56 Å². The number of halogens is 4. The van der Waals surface area contributed by atoms with E-state index in [2.05, 4.69) is 4.74 Å². The molecule has 0 spiro atoms. The number of nitrogens with two attached hydrogens (primary N) is 1. The van der Waals surface area contributed by atoms with Gasteiger partial charge in [-0.3, -0.25) is 4.79 Å². The predicted molar refractivity (Wildman–Crippen MR) is 51.6 cm³/mol. The Bertz CT molecular complexity index is 375. The SMILES string of the molecule is NC(=O)c1cc(Cl)c(OC(F)F)c(Cl)c1. The van der Waals surface area contributed by atoms with E-state index in [0.717, 1.165) is 12.1 Å². The van der Waals surface area contributed by atoms with Crippen molar-refractivity contribution < 1.29 is 18.3 Å². The van der Waals surface area contributed by atoms with Gasteiger partial charge in [0.25, 0.3) is 0 Å². The smallest absolute Gasteiger partial charge is 0.387 e. The van der Waals surface area contributed by atoms with Crippen LogP contribution in [0.25, 0.3) is 0 Å². The third-order valence-corrected chi connectivity index (χ3v) is 2.05. The molecule has 1 aromatic carbocycles. The topological polar surface area (TPSA) is 52.3 Å². The van der Waals surface area contributed by atoms with Crippen molar-refractivity contribution >= 4 is 29.1 Å². The quantitative estimate of drug-likeness (QED) is 0.903. The van der Waals surface area contributed by atoms with Crippen LogP contribution in [0.5, 0.6) is 5.75 Å². The molecule has 0 aliphatic carbocycles. The van der Waals surface area contributed by atoms with Crippen molar-refractivity contribution in [1.29, 1.82) is 0 Å². The zero-order chi connectivity index (χ0) is 11.6. The summed E-state index contributed by atoms with van der Waals surface area (Å²) >= 11 is 11.1. The Morgan fingerprint density at radius 3 is 2.13 bits per heavy atom. The largest absolute Gasteiger partial charge is 0.432 e. The molecule has 3 nitrogen and oxygen atoms in total. The van der Waals surface area contributed by atoms with Crippen LogP contribution in [-0.2, 0) is 0 Å². The summed E-state index contributed by atoms with van der Waals surface area (Å²) in [5.74, 6) is -1.14. The molecule has 7 heteroatoms. The Balaban J connectivity index is 3.15. The average molecular weight is 256 g/mol. The van der Waals surface area contributed by atoms with Crippen molar-refractivity contribution in [2.45, 2.75) is 6.61 Å². The van der Waals surface area contributed by atoms with E-state index in [9.17, 15) is 13.6 Å². The molecule has 0 unspecified atom stereocenters. The maximum Gasteiger partial charge on any atom is 0.387 e. The Morgan fingerprint density at radius 2 is 1.80 bits per heavy atom. The second-order valence-electron chi connectivity index (χ2n) is 2.51. The Morgan fingerprint density at radius 1 is 1.33 bits per heavy atom. The highest BCUT2D eigenvalue weighted by atomic mass is 35.5. The molecular weight excluding hydrogens is 251 g/mol. The maximum atomic E-state index is 11.9. The monoisotopic (exact) mass is 255 g/mol. The van der Waals surface area contributed by atoms with Crippen LogP contribution in [0.15, 0.2) is 12.1 Å². The van der Waals surface area contributed by atoms with Gasteiger partial charge in [-0.05, 0) is 12.1 Å². The summed E-state index contributed by atoms with van der Waals surface area (Å²) in [5, 5.41) is -0.395. The van der Waals surface area contributed by atoms with E-state index < -0.39 is 12.5 Å². The molecule has 0 aliphatic heterocycles. The van der Waals surface area contributed by atoms with Crippen LogP contribution in [0.4, 0.5) is 8.78 Å². The summed E-state index contributed by atoms with van der Waals surface area (Å²) in [6.07, 6.45) is 0. The first-order chi connectivity index (χ1) is 6.91. The van der Waals surface area contributed by atoms with Gasteiger partial charge in [0.2, 0.25) is 5.91 Å². The van der Waals surface area contributed by atoms with Crippen LogP contribution in [0, 0.1) is 0 Å². The highest BCUT2D eigenvalue weighted by molar-refractivity contribution is 6.37. The Hall–Kier alpha value is -1.07. The molecule has 0 aromatic heterocycles. The van der Waals surface area contributed by atoms with Gasteiger partial charge >= 0.3 is 6.61 Å². The summed E-state index contributed by atoms with van der Waals surface area (Å²) in [6.45, 7) is -3.04. The van der Waals surface area contributed by atoms with Gasteiger partial charge < -0.3 is 10.5 Å². The second-order valence-corrected chi connectivity index (χ2v) is 3.33. The first-order valence-electron chi connectivity index (χ1n) is 3.65. The fourth-order valence-corrected chi connectivity index (χ4v) is 1.48. The molecule has 0 aliphatic rings. The number of primary amides is 1. The molecule has 2 N–H and O–H groups in total. The van der Waals surface area contributed by atoms with Crippen molar-refractivity contribution in [1.82, 2.24) is 0 Å². The minimum atomic E-state index is -3.04. The number of amides is 1. The lowest BCUT2D eigenvalue weighted by molar-refractivity contribution is -0.0497. The molecule has 0 atom stereocenters. The van der Waals surface area contributed by atoms with Gasteiger partial charge in [-0.15, -0.1) is 0 Å². The second kappa shape index (κ2) is 4.63. The third kappa shape index (κ3) is 2.94. The first-order valence-corrected chi connectivity index (χ1v) is 4.41. The molecular formula is C8H5Cl2F2NO2. The van der Waals surface area contributed by atoms with Crippen molar-refractivity contribution in [3.8, 4) is 5.75 Å². The van der Waals surface area contributed by atoms with Gasteiger partial charge in [-0.2, -0.15) is 8.78 Å². The predicted octanol–water partition coefficient (Wildman–Crippen LogP) is 2.69. The van der Waals surface area contributed by atoms with Gasteiger partial charge in [0.1, 0.15) is 0 Å². The Labute approximate surface area is 93.7 Å². The standard InChI is InChI=1S/C8H5Cl2F2NO2/c9-4-1-3(7(13)14)2-5(10)6(4)15-8(11)12/h1-2,8H,(H2,13,14). The lowest BCUT2D eigenvalue weighted by Gasteiger charge is -2.09. The molecule has 0 saturated carbocycles. The van der Waals surface area contributed by atoms with E-state index in [0.29, 0.717) is 0 Å². The number of alkyl halides is 2. The summed E-state index contributed by atoms with van der Waals surface area (Å²) in [7, 11) is 0. The zero-order valence-corrected chi connectivity index (χ0v) is 8.65. The van der Waals surface area contributed by atoms with Crippen LogP contribution < -0.4 is 10.5 Å². The van der Waals surface area contributed by atoms with Crippen LogP contribution in [-0.4, -0.2) is 12.5 Å². The zero-order valence-electron chi connectivity index (χ0n) is 7.14. The van der Waals surface area contributed by atoms with E-state index in [-0.39, 0.29) is 21.4 Å². The van der Waals surface area contributed by atoms with Crippen LogP contribution >= 0.6 is 23.2 Å². The van der Waals surface area contributed by atoms with Crippen LogP contribution in [0.2, 0.25) is 10.0 Å². The summed E-state index contributed by atoms with van der Waals surface area (Å²) in [4.78, 5) is 10.8. The van der Waals surface area contributed by atoms with Crippen molar-refractivity contribution in [3.63, 3.8) is 0 Å². The summed E-state index contributed by atoms with van der Waals surface area (Å²) < 4.78 is 27.9. The molecule has 1 aromatic rings. The lowest BCUT2D eigenvalue weighted by atomic mass is 10.2. The van der Waals surface area contributed by atoms with Crippen molar-refractivity contribution in [3.05, 3.63) is 27.7 Å². The van der Waals surface area contributed by atoms with Crippen molar-refractivity contribution in [2.75, 3.05) is 0 Å². The van der Waals surface area contributed by atoms with Gasteiger partial charge in [-0.25, -0.2) is 0 Å². The maximum absolute atomic E-state index is 11.9. The van der Waals surface area contributed by atoms with Crippen LogP contribution in [0.3, 0.4) is 0 Å². The molecule has 0 bridgehead atoms. The van der Waals surface area contributed by atoms with Crippen molar-refractivity contribution in [2.24, 2.45) is 5.73 Å². The molecule has 0 heterocycles. The number of hydrogen-bond donors (Lipinski definition) is 1. The number of carbonyl (C=O) groups is 1. The van der Waals surface area contributed by atoms with Crippen LogP contribution in [0.1, 0.15) is 10.4 Å². The highest BCUT2D eigenvalue weighted by Crippen LogP contribution is 2.35. The minimum Gasteiger partial charge on any atom is -0.432 e. The number of hydrogen-bond acceptors (Lipinski definition) is 2. The van der Waals surface area contributed by atoms with E-state index in [1.54, 1.807) is 0 Å². The Kier molecular flexibility index (Phi) is 3.71. The number of ether oxygens (including phenoxy) is 1. The molecule has 1 rings (SSSR count). The molecule has 0 radical (unpaired) electrons. The number of carbonyl (C=O) groups excluding carboxylic acids is 1. The molecule has 82 valence electrons. The number of benzene rings is 1.